The van der Waals surface area contributed by atoms with Crippen LogP contribution in [0.15, 0.2) is 30.5 Å². The van der Waals surface area contributed by atoms with Crippen LogP contribution in [0.3, 0.4) is 0 Å². The van der Waals surface area contributed by atoms with Crippen LogP contribution < -0.4 is 20.4 Å². The number of hydrogen-bond acceptors (Lipinski definition) is 7. The van der Waals surface area contributed by atoms with Crippen LogP contribution in [0.25, 0.3) is 5.70 Å². The maximum atomic E-state index is 4.82. The summed E-state index contributed by atoms with van der Waals surface area (Å²) in [6.07, 6.45) is 7.06. The van der Waals surface area contributed by atoms with Gasteiger partial charge in [-0.2, -0.15) is 0 Å². The molecule has 3 aliphatic heterocycles. The van der Waals surface area contributed by atoms with Crippen LogP contribution in [-0.2, 0) is 0 Å². The third kappa shape index (κ3) is 5.14. The predicted molar refractivity (Wildman–Crippen MR) is 144 cm³/mol. The summed E-state index contributed by atoms with van der Waals surface area (Å²) in [6.45, 7) is 12.8. The van der Waals surface area contributed by atoms with E-state index in [1.165, 1.54) is 46.2 Å². The van der Waals surface area contributed by atoms with E-state index in [1.54, 1.807) is 0 Å². The van der Waals surface area contributed by atoms with Crippen LogP contribution in [0.2, 0.25) is 0 Å². The molecule has 2 unspecified atom stereocenters. The average molecular weight is 469 g/mol. The number of thiophene rings is 1. The Labute approximate surface area is 203 Å². The van der Waals surface area contributed by atoms with Crippen molar-refractivity contribution in [2.24, 2.45) is 5.92 Å². The van der Waals surface area contributed by atoms with Gasteiger partial charge in [0.25, 0.3) is 0 Å². The SMILES string of the molecule is CC.CCC1CCN(C2=CC(c3ccc(N4CCNCC4)nc3)Nc3cc(N(C)C)sc32)C1. The molecule has 5 heterocycles. The minimum Gasteiger partial charge on any atom is -0.373 e. The van der Waals surface area contributed by atoms with E-state index in [1.807, 2.05) is 25.2 Å². The molecule has 0 aromatic carbocycles. The smallest absolute Gasteiger partial charge is 0.128 e. The molecule has 0 radical (unpaired) electrons. The van der Waals surface area contributed by atoms with Gasteiger partial charge in [-0.3, -0.25) is 0 Å². The zero-order chi connectivity index (χ0) is 23.4. The van der Waals surface area contributed by atoms with Gasteiger partial charge >= 0.3 is 0 Å². The largest absolute Gasteiger partial charge is 0.373 e. The first-order valence-corrected chi connectivity index (χ1v) is 13.4. The van der Waals surface area contributed by atoms with E-state index in [2.05, 4.69) is 76.8 Å². The standard InChI is InChI=1S/C24H34N6S.C2H6/c1-4-17-7-10-30(16-17)21-13-19(27-20-14-23(28(2)3)31-24(20)21)18-5-6-22(26-15-18)29-11-8-25-9-12-29;1-2/h5-6,13-15,17,19,25,27H,4,7-12,16H2,1-3H3;1-2H3. The Hall–Kier alpha value is -2.25. The van der Waals surface area contributed by atoms with Gasteiger partial charge in [0, 0.05) is 59.6 Å². The molecule has 2 atom stereocenters. The monoisotopic (exact) mass is 468 g/mol. The first-order chi connectivity index (χ1) is 16.1. The van der Waals surface area contributed by atoms with Crippen LogP contribution >= 0.6 is 11.3 Å². The van der Waals surface area contributed by atoms with Crippen molar-refractivity contribution in [1.82, 2.24) is 15.2 Å². The lowest BCUT2D eigenvalue weighted by Gasteiger charge is -2.31. The first-order valence-electron chi connectivity index (χ1n) is 12.6. The van der Waals surface area contributed by atoms with Crippen molar-refractivity contribution >= 4 is 33.5 Å². The average Bonchev–Trinajstić information content (AvgIpc) is 3.53. The highest BCUT2D eigenvalue weighted by molar-refractivity contribution is 7.17. The first kappa shape index (κ1) is 23.9. The topological polar surface area (TPSA) is 46.7 Å². The summed E-state index contributed by atoms with van der Waals surface area (Å²) in [5.41, 5.74) is 3.88. The van der Waals surface area contributed by atoms with E-state index < -0.39 is 0 Å². The van der Waals surface area contributed by atoms with Crippen LogP contribution in [0, 0.1) is 5.92 Å². The molecule has 6 nitrogen and oxygen atoms in total. The summed E-state index contributed by atoms with van der Waals surface area (Å²) < 4.78 is 0. The van der Waals surface area contributed by atoms with Crippen molar-refractivity contribution in [2.75, 3.05) is 68.5 Å². The van der Waals surface area contributed by atoms with Crippen molar-refractivity contribution in [3.05, 3.63) is 40.9 Å². The van der Waals surface area contributed by atoms with Crippen LogP contribution in [0.4, 0.5) is 16.5 Å². The number of fused-ring (bicyclic) bond motifs is 1. The fourth-order valence-corrected chi connectivity index (χ4v) is 5.91. The van der Waals surface area contributed by atoms with Gasteiger partial charge in [-0.05, 0) is 36.1 Å². The summed E-state index contributed by atoms with van der Waals surface area (Å²) in [7, 11) is 4.25. The molecule has 0 bridgehead atoms. The quantitative estimate of drug-likeness (QED) is 0.652. The van der Waals surface area contributed by atoms with Crippen molar-refractivity contribution in [2.45, 2.75) is 39.7 Å². The molecule has 7 heteroatoms. The number of nitrogens with one attached hydrogen (secondary N) is 2. The number of likely N-dealkylation sites (tertiary alicyclic amines) is 1. The van der Waals surface area contributed by atoms with Gasteiger partial charge in [0.2, 0.25) is 0 Å². The molecule has 3 aliphatic rings. The molecule has 2 N–H and O–H groups in total. The van der Waals surface area contributed by atoms with E-state index in [9.17, 15) is 0 Å². The lowest BCUT2D eigenvalue weighted by molar-refractivity contribution is 0.452. The second-order valence-electron chi connectivity index (χ2n) is 9.09. The molecule has 0 aliphatic carbocycles. The van der Waals surface area contributed by atoms with E-state index in [4.69, 9.17) is 4.98 Å². The van der Waals surface area contributed by atoms with Gasteiger partial charge in [-0.15, -0.1) is 11.3 Å². The molecular formula is C26H40N6S. The highest BCUT2D eigenvalue weighted by Gasteiger charge is 2.30. The van der Waals surface area contributed by atoms with Crippen molar-refractivity contribution in [1.29, 1.82) is 0 Å². The molecule has 0 saturated carbocycles. The number of piperazine rings is 1. The van der Waals surface area contributed by atoms with Gasteiger partial charge in [-0.25, -0.2) is 4.98 Å². The molecule has 0 amide bonds. The highest BCUT2D eigenvalue weighted by Crippen LogP contribution is 2.45. The van der Waals surface area contributed by atoms with Crippen molar-refractivity contribution in [3.63, 3.8) is 0 Å². The maximum Gasteiger partial charge on any atom is 0.128 e. The molecule has 0 spiro atoms. The van der Waals surface area contributed by atoms with Gasteiger partial charge in [0.1, 0.15) is 5.82 Å². The third-order valence-corrected chi connectivity index (χ3v) is 8.13. The van der Waals surface area contributed by atoms with Crippen molar-refractivity contribution in [3.8, 4) is 0 Å². The summed E-state index contributed by atoms with van der Waals surface area (Å²) >= 11 is 1.89. The zero-order valence-electron chi connectivity index (χ0n) is 20.9. The fourth-order valence-electron chi connectivity index (χ4n) is 4.81. The fraction of sp³-hybridized carbons (Fsp3) is 0.577. The summed E-state index contributed by atoms with van der Waals surface area (Å²) in [5, 5.41) is 8.49. The number of hydrogen-bond donors (Lipinski definition) is 2. The van der Waals surface area contributed by atoms with Crippen molar-refractivity contribution < 1.29 is 0 Å². The summed E-state index contributed by atoms with van der Waals surface area (Å²) in [4.78, 5) is 13.4. The Morgan fingerprint density at radius 2 is 1.91 bits per heavy atom. The van der Waals surface area contributed by atoms with E-state index in [0.717, 1.165) is 44.5 Å². The summed E-state index contributed by atoms with van der Waals surface area (Å²) in [5.74, 6) is 1.90. The minimum absolute atomic E-state index is 0.150. The maximum absolute atomic E-state index is 4.82. The Bertz CT molecular complexity index is 929. The minimum atomic E-state index is 0.150. The normalized spacial score (nSPS) is 22.2. The lowest BCUT2D eigenvalue weighted by atomic mass is 10.0. The number of pyridine rings is 1. The third-order valence-electron chi connectivity index (χ3n) is 6.80. The van der Waals surface area contributed by atoms with Crippen LogP contribution in [0.5, 0.6) is 0 Å². The molecule has 2 aromatic rings. The molecule has 2 saturated heterocycles. The molecule has 33 heavy (non-hydrogen) atoms. The Morgan fingerprint density at radius 3 is 2.55 bits per heavy atom. The Morgan fingerprint density at radius 1 is 1.12 bits per heavy atom. The molecule has 180 valence electrons. The second kappa shape index (κ2) is 10.8. The molecule has 2 fully saturated rings. The van der Waals surface area contributed by atoms with Gasteiger partial charge in [0.15, 0.2) is 0 Å². The second-order valence-corrected chi connectivity index (χ2v) is 10.1. The Balaban J connectivity index is 0.00000126. The number of rotatable bonds is 5. The zero-order valence-corrected chi connectivity index (χ0v) is 21.7. The molecule has 2 aromatic heterocycles. The van der Waals surface area contributed by atoms with Gasteiger partial charge in [-0.1, -0.05) is 33.3 Å². The lowest BCUT2D eigenvalue weighted by Crippen LogP contribution is -2.43. The molecular weight excluding hydrogens is 428 g/mol. The number of aromatic nitrogens is 1. The van der Waals surface area contributed by atoms with E-state index >= 15 is 0 Å². The predicted octanol–water partition coefficient (Wildman–Crippen LogP) is 4.88. The van der Waals surface area contributed by atoms with Crippen LogP contribution in [-0.4, -0.2) is 63.2 Å². The highest BCUT2D eigenvalue weighted by atomic mass is 32.1. The van der Waals surface area contributed by atoms with E-state index in [-0.39, 0.29) is 6.04 Å². The Kier molecular flexibility index (Phi) is 7.81. The van der Waals surface area contributed by atoms with Gasteiger partial charge in [0.05, 0.1) is 27.3 Å². The molecule has 5 rings (SSSR count). The van der Waals surface area contributed by atoms with E-state index in [0.29, 0.717) is 0 Å². The number of anilines is 3. The number of nitrogens with zero attached hydrogens (tertiary/aromatic N) is 4. The summed E-state index contributed by atoms with van der Waals surface area (Å²) in [6, 6.07) is 6.89. The van der Waals surface area contributed by atoms with Gasteiger partial charge < -0.3 is 25.3 Å². The van der Waals surface area contributed by atoms with Crippen LogP contribution in [0.1, 0.15) is 50.1 Å².